The lowest BCUT2D eigenvalue weighted by Crippen LogP contribution is -2.43. The van der Waals surface area contributed by atoms with Gasteiger partial charge in [0, 0.05) is 6.54 Å². The molecule has 3 rings (SSSR count). The Morgan fingerprint density at radius 1 is 1.14 bits per heavy atom. The van der Waals surface area contributed by atoms with Crippen molar-refractivity contribution in [3.8, 4) is 0 Å². The number of benzene rings is 1. The summed E-state index contributed by atoms with van der Waals surface area (Å²) in [5.74, 6) is -1.15. The molecular weight excluding hydrogens is 374 g/mol. The predicted molar refractivity (Wildman–Crippen MR) is 110 cm³/mol. The lowest BCUT2D eigenvalue weighted by molar-refractivity contribution is -0.121. The van der Waals surface area contributed by atoms with Gasteiger partial charge in [0.2, 0.25) is 5.91 Å². The number of carbonyl (C=O) groups is 3. The second-order valence-electron chi connectivity index (χ2n) is 6.84. The van der Waals surface area contributed by atoms with Crippen LogP contribution in [0, 0.1) is 6.92 Å². The van der Waals surface area contributed by atoms with E-state index in [2.05, 4.69) is 35.5 Å². The summed E-state index contributed by atoms with van der Waals surface area (Å²) in [6, 6.07) is 7.26. The van der Waals surface area contributed by atoms with Gasteiger partial charge in [-0.3, -0.25) is 24.2 Å². The second kappa shape index (κ2) is 8.67. The number of nitrogens with one attached hydrogen (secondary N) is 1. The van der Waals surface area contributed by atoms with Crippen molar-refractivity contribution >= 4 is 29.1 Å². The van der Waals surface area contributed by atoms with Gasteiger partial charge in [-0.1, -0.05) is 25.5 Å². The van der Waals surface area contributed by atoms with Crippen LogP contribution in [0.15, 0.2) is 35.0 Å². The zero-order valence-electron chi connectivity index (χ0n) is 16.4. The Bertz CT molecular complexity index is 875. The fraction of sp³-hybridized carbons (Fsp3) is 0.381. The third-order valence-electron chi connectivity index (χ3n) is 5.10. The van der Waals surface area contributed by atoms with Gasteiger partial charge in [-0.05, 0) is 54.5 Å². The zero-order valence-corrected chi connectivity index (χ0v) is 17.2. The first-order chi connectivity index (χ1) is 13.5. The fourth-order valence-corrected chi connectivity index (χ4v) is 4.25. The highest BCUT2D eigenvalue weighted by atomic mass is 32.1. The Balaban J connectivity index is 1.65. The van der Waals surface area contributed by atoms with Crippen LogP contribution in [0.2, 0.25) is 0 Å². The van der Waals surface area contributed by atoms with Crippen LogP contribution in [0.5, 0.6) is 0 Å². The molecule has 28 heavy (non-hydrogen) atoms. The lowest BCUT2D eigenvalue weighted by Gasteiger charge is -2.29. The lowest BCUT2D eigenvalue weighted by atomic mass is 10.1. The summed E-state index contributed by atoms with van der Waals surface area (Å²) in [4.78, 5) is 40.8. The molecule has 0 aliphatic carbocycles. The average molecular weight is 400 g/mol. The highest BCUT2D eigenvalue weighted by Crippen LogP contribution is 2.24. The van der Waals surface area contributed by atoms with Gasteiger partial charge < -0.3 is 5.32 Å². The minimum Gasteiger partial charge on any atom is -0.353 e. The molecule has 0 saturated carbocycles. The van der Waals surface area contributed by atoms with E-state index in [9.17, 15) is 14.4 Å². The minimum atomic E-state index is -0.409. The van der Waals surface area contributed by atoms with E-state index >= 15 is 0 Å². The smallest absolute Gasteiger partial charge is 0.262 e. The van der Waals surface area contributed by atoms with Crippen LogP contribution in [0.4, 0.5) is 0 Å². The van der Waals surface area contributed by atoms with E-state index in [-0.39, 0.29) is 18.5 Å². The second-order valence-corrected chi connectivity index (χ2v) is 7.62. The molecule has 2 heterocycles. The number of hydrogen-bond donors (Lipinski definition) is 1. The van der Waals surface area contributed by atoms with Gasteiger partial charge in [0.1, 0.15) is 6.54 Å². The minimum absolute atomic E-state index is 0.0648. The highest BCUT2D eigenvalue weighted by molar-refractivity contribution is 7.08. The molecular formula is C21H25N3O3S. The molecule has 0 radical (unpaired) electrons. The number of hydrogen-bond acceptors (Lipinski definition) is 5. The Morgan fingerprint density at radius 2 is 1.86 bits per heavy atom. The standard InChI is InChI=1S/C21H25N3O3S/c1-4-23(5-2)18(15-8-9-28-13-15)11-22-19(25)12-24-20(26)16-7-6-14(3)10-17(16)21(24)27/h6-10,13,18H,4-5,11-12H2,1-3H3,(H,22,25). The highest BCUT2D eigenvalue weighted by Gasteiger charge is 2.36. The number of aryl methyl sites for hydroxylation is 1. The summed E-state index contributed by atoms with van der Waals surface area (Å²) in [5.41, 5.74) is 2.80. The molecule has 1 atom stereocenters. The normalized spacial score (nSPS) is 14.5. The van der Waals surface area contributed by atoms with E-state index in [4.69, 9.17) is 0 Å². The van der Waals surface area contributed by atoms with Crippen molar-refractivity contribution in [1.82, 2.24) is 15.1 Å². The van der Waals surface area contributed by atoms with Gasteiger partial charge in [-0.2, -0.15) is 11.3 Å². The molecule has 1 unspecified atom stereocenters. The molecule has 1 N–H and O–H groups in total. The first-order valence-electron chi connectivity index (χ1n) is 9.45. The quantitative estimate of drug-likeness (QED) is 0.693. The predicted octanol–water partition coefficient (Wildman–Crippen LogP) is 2.85. The summed E-state index contributed by atoms with van der Waals surface area (Å²) in [6.07, 6.45) is 0. The maximum Gasteiger partial charge on any atom is 0.262 e. The molecule has 7 heteroatoms. The van der Waals surface area contributed by atoms with Crippen LogP contribution < -0.4 is 5.32 Å². The number of rotatable bonds is 8. The number of nitrogens with zero attached hydrogens (tertiary/aromatic N) is 2. The van der Waals surface area contributed by atoms with Crippen molar-refractivity contribution in [3.63, 3.8) is 0 Å². The summed E-state index contributed by atoms with van der Waals surface area (Å²) < 4.78 is 0. The molecule has 0 fully saturated rings. The number of imide groups is 1. The Labute approximate surface area is 169 Å². The number of amides is 3. The Hall–Kier alpha value is -2.51. The maximum absolute atomic E-state index is 12.5. The molecule has 0 spiro atoms. The third-order valence-corrected chi connectivity index (χ3v) is 5.80. The maximum atomic E-state index is 12.5. The Kier molecular flexibility index (Phi) is 6.26. The molecule has 0 bridgehead atoms. The van der Waals surface area contributed by atoms with Gasteiger partial charge >= 0.3 is 0 Å². The van der Waals surface area contributed by atoms with Crippen molar-refractivity contribution < 1.29 is 14.4 Å². The number of likely N-dealkylation sites (N-methyl/N-ethyl adjacent to an activating group) is 1. The van der Waals surface area contributed by atoms with Crippen LogP contribution in [0.1, 0.15) is 51.7 Å². The largest absolute Gasteiger partial charge is 0.353 e. The van der Waals surface area contributed by atoms with Crippen LogP contribution in [0.25, 0.3) is 0 Å². The van der Waals surface area contributed by atoms with Crippen LogP contribution in [0.3, 0.4) is 0 Å². The van der Waals surface area contributed by atoms with Gasteiger partial charge in [0.15, 0.2) is 0 Å². The van der Waals surface area contributed by atoms with Gasteiger partial charge in [0.05, 0.1) is 17.2 Å². The van der Waals surface area contributed by atoms with Gasteiger partial charge in [-0.25, -0.2) is 0 Å². The van der Waals surface area contributed by atoms with Crippen LogP contribution in [-0.2, 0) is 4.79 Å². The van der Waals surface area contributed by atoms with E-state index < -0.39 is 11.8 Å². The fourth-order valence-electron chi connectivity index (χ4n) is 3.54. The van der Waals surface area contributed by atoms with Gasteiger partial charge in [-0.15, -0.1) is 0 Å². The summed E-state index contributed by atoms with van der Waals surface area (Å²) >= 11 is 1.62. The van der Waals surface area contributed by atoms with Crippen molar-refractivity contribution in [2.24, 2.45) is 0 Å². The van der Waals surface area contributed by atoms with Crippen LogP contribution >= 0.6 is 11.3 Å². The first-order valence-corrected chi connectivity index (χ1v) is 10.4. The summed E-state index contributed by atoms with van der Waals surface area (Å²) in [5, 5.41) is 7.01. The van der Waals surface area contributed by atoms with Crippen molar-refractivity contribution in [2.75, 3.05) is 26.2 Å². The van der Waals surface area contributed by atoms with E-state index in [0.29, 0.717) is 17.7 Å². The number of fused-ring (bicyclic) bond motifs is 1. The monoisotopic (exact) mass is 399 g/mol. The summed E-state index contributed by atoms with van der Waals surface area (Å²) in [7, 11) is 0. The number of carbonyl (C=O) groups excluding carboxylic acids is 3. The molecule has 2 aromatic rings. The average Bonchev–Trinajstić information content (AvgIpc) is 3.29. The SMILES string of the molecule is CCN(CC)C(CNC(=O)CN1C(=O)c2ccc(C)cc2C1=O)c1ccsc1. The van der Waals surface area contributed by atoms with Crippen molar-refractivity contribution in [2.45, 2.75) is 26.8 Å². The van der Waals surface area contributed by atoms with E-state index in [1.807, 2.05) is 12.3 Å². The molecule has 1 aliphatic rings. The number of thiophene rings is 1. The van der Waals surface area contributed by atoms with Gasteiger partial charge in [0.25, 0.3) is 11.8 Å². The first kappa shape index (κ1) is 20.2. The zero-order chi connectivity index (χ0) is 20.3. The van der Waals surface area contributed by atoms with Crippen molar-refractivity contribution in [3.05, 3.63) is 57.3 Å². The van der Waals surface area contributed by atoms with Crippen LogP contribution in [-0.4, -0.2) is 53.7 Å². The molecule has 3 amide bonds. The molecule has 148 valence electrons. The van der Waals surface area contributed by atoms with Crippen molar-refractivity contribution in [1.29, 1.82) is 0 Å². The molecule has 1 aromatic heterocycles. The summed E-state index contributed by atoms with van der Waals surface area (Å²) in [6.45, 7) is 7.94. The topological polar surface area (TPSA) is 69.7 Å². The van der Waals surface area contributed by atoms with E-state index in [0.717, 1.165) is 29.1 Å². The van der Waals surface area contributed by atoms with E-state index in [1.54, 1.807) is 29.5 Å². The molecule has 0 saturated heterocycles. The molecule has 1 aliphatic heterocycles. The third kappa shape index (κ3) is 4.00. The van der Waals surface area contributed by atoms with E-state index in [1.165, 1.54) is 0 Å². The Morgan fingerprint density at radius 3 is 2.50 bits per heavy atom. The molecule has 1 aromatic carbocycles. The molecule has 6 nitrogen and oxygen atoms in total.